The van der Waals surface area contributed by atoms with Crippen molar-refractivity contribution in [2.75, 3.05) is 11.9 Å². The summed E-state index contributed by atoms with van der Waals surface area (Å²) in [6.45, 7) is 4.11. The maximum atomic E-state index is 11.1. The smallest absolute Gasteiger partial charge is 0.221 e. The van der Waals surface area contributed by atoms with E-state index in [1.807, 2.05) is 25.1 Å². The Bertz CT molecular complexity index is 452. The monoisotopic (exact) mass is 218 g/mol. The summed E-state index contributed by atoms with van der Waals surface area (Å²) in [6, 6.07) is 5.80. The zero-order valence-electron chi connectivity index (χ0n) is 9.41. The second kappa shape index (κ2) is 4.35. The van der Waals surface area contributed by atoms with E-state index >= 15 is 0 Å². The standard InChI is InChI=1S/C12H14N2O2/c1-8-4-3-5-10(13-9(2)15)12(8)11-6-7-16-14-11/h3-5H,6-7H2,1-2H3,(H,13,15). The predicted molar refractivity (Wildman–Crippen MR) is 62.6 cm³/mol. The van der Waals surface area contributed by atoms with Gasteiger partial charge >= 0.3 is 0 Å². The molecule has 1 aliphatic rings. The second-order valence-electron chi connectivity index (χ2n) is 3.80. The van der Waals surface area contributed by atoms with Crippen molar-refractivity contribution in [3.8, 4) is 0 Å². The van der Waals surface area contributed by atoms with Crippen LogP contribution in [-0.4, -0.2) is 18.2 Å². The Labute approximate surface area is 94.3 Å². The molecular formula is C12H14N2O2. The van der Waals surface area contributed by atoms with Crippen molar-refractivity contribution in [1.82, 2.24) is 0 Å². The van der Waals surface area contributed by atoms with Gasteiger partial charge in [0.1, 0.15) is 6.61 Å². The molecule has 1 amide bonds. The van der Waals surface area contributed by atoms with Gasteiger partial charge in [-0.15, -0.1) is 0 Å². The molecule has 0 saturated carbocycles. The van der Waals surface area contributed by atoms with Gasteiger partial charge in [0.15, 0.2) is 0 Å². The molecule has 1 aromatic rings. The number of carbonyl (C=O) groups is 1. The predicted octanol–water partition coefficient (Wildman–Crippen LogP) is 2.08. The number of benzene rings is 1. The molecular weight excluding hydrogens is 204 g/mol. The third-order valence-electron chi connectivity index (χ3n) is 2.48. The first-order chi connectivity index (χ1) is 7.68. The Balaban J connectivity index is 2.44. The molecule has 84 valence electrons. The summed E-state index contributed by atoms with van der Waals surface area (Å²) in [5, 5.41) is 6.82. The molecule has 0 aromatic heterocycles. The zero-order valence-corrected chi connectivity index (χ0v) is 9.41. The molecule has 0 bridgehead atoms. The molecule has 1 aliphatic heterocycles. The largest absolute Gasteiger partial charge is 0.395 e. The lowest BCUT2D eigenvalue weighted by Gasteiger charge is -2.11. The highest BCUT2D eigenvalue weighted by atomic mass is 16.6. The van der Waals surface area contributed by atoms with Crippen LogP contribution in [-0.2, 0) is 9.63 Å². The molecule has 0 fully saturated rings. The minimum atomic E-state index is -0.0774. The van der Waals surface area contributed by atoms with E-state index in [9.17, 15) is 4.79 Å². The van der Waals surface area contributed by atoms with E-state index in [-0.39, 0.29) is 5.91 Å². The van der Waals surface area contributed by atoms with Gasteiger partial charge in [0.05, 0.1) is 11.4 Å². The molecule has 4 nitrogen and oxygen atoms in total. The molecule has 1 aromatic carbocycles. The fourth-order valence-electron chi connectivity index (χ4n) is 1.83. The Kier molecular flexibility index (Phi) is 2.90. The minimum Gasteiger partial charge on any atom is -0.395 e. The molecule has 0 unspecified atom stereocenters. The molecule has 1 N–H and O–H groups in total. The second-order valence-corrected chi connectivity index (χ2v) is 3.80. The van der Waals surface area contributed by atoms with Gasteiger partial charge in [-0.1, -0.05) is 17.3 Å². The first-order valence-corrected chi connectivity index (χ1v) is 5.25. The van der Waals surface area contributed by atoms with Crippen molar-refractivity contribution in [1.29, 1.82) is 0 Å². The van der Waals surface area contributed by atoms with Crippen LogP contribution in [0.3, 0.4) is 0 Å². The quantitative estimate of drug-likeness (QED) is 0.826. The maximum Gasteiger partial charge on any atom is 0.221 e. The van der Waals surface area contributed by atoms with E-state index < -0.39 is 0 Å². The van der Waals surface area contributed by atoms with Gasteiger partial charge in [0, 0.05) is 18.9 Å². The average Bonchev–Trinajstić information content (AvgIpc) is 2.69. The third-order valence-corrected chi connectivity index (χ3v) is 2.48. The van der Waals surface area contributed by atoms with E-state index in [4.69, 9.17) is 4.84 Å². The molecule has 0 spiro atoms. The van der Waals surface area contributed by atoms with Gasteiger partial charge in [-0.05, 0) is 18.6 Å². The topological polar surface area (TPSA) is 50.7 Å². The number of hydrogen-bond donors (Lipinski definition) is 1. The summed E-state index contributed by atoms with van der Waals surface area (Å²) < 4.78 is 0. The number of rotatable bonds is 2. The van der Waals surface area contributed by atoms with E-state index in [0.717, 1.165) is 28.9 Å². The van der Waals surface area contributed by atoms with E-state index in [1.54, 1.807) is 0 Å². The maximum absolute atomic E-state index is 11.1. The third kappa shape index (κ3) is 2.05. The number of oxime groups is 1. The van der Waals surface area contributed by atoms with Gasteiger partial charge in [-0.25, -0.2) is 0 Å². The van der Waals surface area contributed by atoms with Crippen molar-refractivity contribution in [3.05, 3.63) is 29.3 Å². The number of nitrogens with one attached hydrogen (secondary N) is 1. The highest BCUT2D eigenvalue weighted by molar-refractivity contribution is 6.08. The van der Waals surface area contributed by atoms with Crippen LogP contribution in [0.5, 0.6) is 0 Å². The minimum absolute atomic E-state index is 0.0774. The van der Waals surface area contributed by atoms with Crippen LogP contribution in [0.25, 0.3) is 0 Å². The number of aryl methyl sites for hydroxylation is 1. The van der Waals surface area contributed by atoms with Crippen molar-refractivity contribution in [2.24, 2.45) is 5.16 Å². The number of hydrogen-bond acceptors (Lipinski definition) is 3. The molecule has 0 aliphatic carbocycles. The van der Waals surface area contributed by atoms with Gasteiger partial charge in [-0.2, -0.15) is 0 Å². The van der Waals surface area contributed by atoms with Gasteiger partial charge in [-0.3, -0.25) is 4.79 Å². The lowest BCUT2D eigenvalue weighted by molar-refractivity contribution is -0.114. The van der Waals surface area contributed by atoms with Crippen LogP contribution < -0.4 is 5.32 Å². The molecule has 1 heterocycles. The summed E-state index contributed by atoms with van der Waals surface area (Å²) in [5.74, 6) is -0.0774. The summed E-state index contributed by atoms with van der Waals surface area (Å²) in [4.78, 5) is 16.1. The van der Waals surface area contributed by atoms with Crippen molar-refractivity contribution < 1.29 is 9.63 Å². The Morgan fingerprint density at radius 1 is 1.50 bits per heavy atom. The first-order valence-electron chi connectivity index (χ1n) is 5.25. The van der Waals surface area contributed by atoms with Crippen LogP contribution in [0.4, 0.5) is 5.69 Å². The normalized spacial score (nSPS) is 14.2. The first kappa shape index (κ1) is 10.7. The zero-order chi connectivity index (χ0) is 11.5. The van der Waals surface area contributed by atoms with E-state index in [2.05, 4.69) is 10.5 Å². The Hall–Kier alpha value is -1.84. The molecule has 16 heavy (non-hydrogen) atoms. The molecule has 2 rings (SSSR count). The molecule has 0 saturated heterocycles. The van der Waals surface area contributed by atoms with Crippen LogP contribution in [0.2, 0.25) is 0 Å². The lowest BCUT2D eigenvalue weighted by atomic mass is 10.00. The number of anilines is 1. The number of nitrogens with zero attached hydrogens (tertiary/aromatic N) is 1. The van der Waals surface area contributed by atoms with Crippen molar-refractivity contribution in [3.63, 3.8) is 0 Å². The molecule has 4 heteroatoms. The summed E-state index contributed by atoms with van der Waals surface area (Å²) in [7, 11) is 0. The van der Waals surface area contributed by atoms with Gasteiger partial charge in [0.25, 0.3) is 0 Å². The Morgan fingerprint density at radius 3 is 2.94 bits per heavy atom. The van der Waals surface area contributed by atoms with Crippen LogP contribution >= 0.6 is 0 Å². The average molecular weight is 218 g/mol. The summed E-state index contributed by atoms with van der Waals surface area (Å²) in [5.41, 5.74) is 3.78. The summed E-state index contributed by atoms with van der Waals surface area (Å²) in [6.07, 6.45) is 0.789. The number of carbonyl (C=O) groups excluding carboxylic acids is 1. The Morgan fingerprint density at radius 2 is 2.31 bits per heavy atom. The van der Waals surface area contributed by atoms with Crippen LogP contribution in [0.1, 0.15) is 24.5 Å². The fraction of sp³-hybridized carbons (Fsp3) is 0.333. The van der Waals surface area contributed by atoms with Crippen molar-refractivity contribution in [2.45, 2.75) is 20.3 Å². The van der Waals surface area contributed by atoms with E-state index in [1.165, 1.54) is 6.92 Å². The molecule has 0 atom stereocenters. The highest BCUT2D eigenvalue weighted by Gasteiger charge is 2.17. The molecule has 0 radical (unpaired) electrons. The van der Waals surface area contributed by atoms with Crippen LogP contribution in [0, 0.1) is 6.92 Å². The lowest BCUT2D eigenvalue weighted by Crippen LogP contribution is -2.12. The van der Waals surface area contributed by atoms with Crippen LogP contribution in [0.15, 0.2) is 23.4 Å². The van der Waals surface area contributed by atoms with Gasteiger partial charge < -0.3 is 10.2 Å². The SMILES string of the molecule is CC(=O)Nc1cccc(C)c1C1=NOCC1. The number of amides is 1. The fourth-order valence-corrected chi connectivity index (χ4v) is 1.83. The van der Waals surface area contributed by atoms with Crippen molar-refractivity contribution >= 4 is 17.3 Å². The van der Waals surface area contributed by atoms with Gasteiger partial charge in [0.2, 0.25) is 5.91 Å². The van der Waals surface area contributed by atoms with E-state index in [0.29, 0.717) is 6.61 Å². The highest BCUT2D eigenvalue weighted by Crippen LogP contribution is 2.23. The summed E-state index contributed by atoms with van der Waals surface area (Å²) >= 11 is 0.